The largest absolute Gasteiger partial charge is 0.509 e. The van der Waals surface area contributed by atoms with Crippen molar-refractivity contribution >= 4 is 44.6 Å². The van der Waals surface area contributed by atoms with Gasteiger partial charge in [-0.05, 0) is 71.0 Å². The smallest absolute Gasteiger partial charge is 0.135 e. The summed E-state index contributed by atoms with van der Waals surface area (Å²) < 4.78 is 36.3. The predicted octanol–water partition coefficient (Wildman–Crippen LogP) is 16.6. The molecule has 0 unspecified atom stereocenters. The van der Waals surface area contributed by atoms with Crippen molar-refractivity contribution in [1.29, 1.82) is 0 Å². The summed E-state index contributed by atoms with van der Waals surface area (Å²) in [6.45, 7) is 15.3. The van der Waals surface area contributed by atoms with E-state index >= 15 is 0 Å². The van der Waals surface area contributed by atoms with Crippen LogP contribution in [0.4, 0.5) is 22.7 Å². The molecule has 5 nitrogen and oxygen atoms in total. The molecule has 11 rings (SSSR count). The fourth-order valence-electron chi connectivity index (χ4n) is 9.31. The Morgan fingerprint density at radius 1 is 0.559 bits per heavy atom. The summed E-state index contributed by atoms with van der Waals surface area (Å²) in [5, 5.41) is 2.01. The minimum Gasteiger partial charge on any atom is -0.509 e. The van der Waals surface area contributed by atoms with Crippen LogP contribution >= 0.6 is 0 Å². The number of rotatable bonds is 8. The van der Waals surface area contributed by atoms with Crippen LogP contribution in [0.5, 0.6) is 11.5 Å². The third kappa shape index (κ3) is 8.20. The van der Waals surface area contributed by atoms with E-state index in [1.165, 1.54) is 5.56 Å². The number of fused-ring (bicyclic) bond motifs is 4. The van der Waals surface area contributed by atoms with E-state index in [4.69, 9.17) is 12.5 Å². The van der Waals surface area contributed by atoms with Gasteiger partial charge in [0.15, 0.2) is 0 Å². The fourth-order valence-corrected chi connectivity index (χ4v) is 9.31. The van der Waals surface area contributed by atoms with Gasteiger partial charge in [0.25, 0.3) is 0 Å². The SMILES string of the molecule is [2H]c1c(Oc2[c-]c3c(cc2)c2ccccc2n3-c2cc(C(C)(C)C)c(-c3ccc(C(C)(C)C)cc3)cn2)[c-]c(N2[CH-]N(c3c(-c4ccccc4)cccc3-c3ccccc3)c3ccccc32)c([2H])c1[2H].[Pt]. The second kappa shape index (κ2) is 17.8. The molecule has 0 amide bonds. The monoisotopic (exact) mass is 1070 g/mol. The van der Waals surface area contributed by atoms with Gasteiger partial charge in [-0.1, -0.05) is 181 Å². The summed E-state index contributed by atoms with van der Waals surface area (Å²) in [7, 11) is 0. The second-order valence-electron chi connectivity index (χ2n) is 19.2. The van der Waals surface area contributed by atoms with E-state index < -0.39 is 0 Å². The zero-order valence-corrected chi connectivity index (χ0v) is 41.1. The summed E-state index contributed by atoms with van der Waals surface area (Å²) in [6.07, 6.45) is 1.99. The molecule has 0 N–H and O–H groups in total. The number of nitrogens with zero attached hydrogens (tertiary/aromatic N) is 4. The van der Waals surface area contributed by atoms with E-state index in [0.717, 1.165) is 83.6 Å². The molecule has 0 atom stereocenters. The van der Waals surface area contributed by atoms with Crippen LogP contribution in [0.1, 0.15) is 56.8 Å². The van der Waals surface area contributed by atoms with Crippen molar-refractivity contribution in [2.45, 2.75) is 52.4 Å². The first-order valence-electron chi connectivity index (χ1n) is 24.3. The van der Waals surface area contributed by atoms with E-state index in [1.807, 2.05) is 96.6 Å². The molecule has 0 saturated heterocycles. The molecular formula is C62H51N4OPt-3. The van der Waals surface area contributed by atoms with Crippen molar-refractivity contribution in [2.75, 3.05) is 9.80 Å². The summed E-state index contributed by atoms with van der Waals surface area (Å²) in [6, 6.07) is 64.4. The minimum atomic E-state index is -0.273. The molecule has 0 fully saturated rings. The van der Waals surface area contributed by atoms with Gasteiger partial charge in [-0.25, -0.2) is 4.98 Å². The van der Waals surface area contributed by atoms with Crippen molar-refractivity contribution < 1.29 is 29.9 Å². The van der Waals surface area contributed by atoms with Gasteiger partial charge in [0.2, 0.25) is 0 Å². The van der Waals surface area contributed by atoms with E-state index in [-0.39, 0.29) is 61.5 Å². The Morgan fingerprint density at radius 3 is 1.84 bits per heavy atom. The molecule has 6 heteroatoms. The second-order valence-corrected chi connectivity index (χ2v) is 19.2. The Hall–Kier alpha value is -7.20. The van der Waals surface area contributed by atoms with Crippen LogP contribution in [-0.4, -0.2) is 9.55 Å². The Balaban J connectivity index is 0.00000582. The van der Waals surface area contributed by atoms with Crippen LogP contribution in [-0.2, 0) is 31.9 Å². The standard InChI is InChI=1S/C62H51N4O.Pt/c1-61(2,3)45-33-31-44(32-34-45)53-40-63-59(39-54(53)62(4,5)6)66-55-28-14-13-25-51(55)52-36-35-48(38-58(52)66)67-47-24-17-23-46(37-47)64-41-65(57-30-16-15-29-56(57)64)60-49(42-19-9-7-10-20-42)26-18-27-50(60)43-21-11-8-12-22-43;/h7-36,39-41H,1-6H3;/q-3;/i17D,23D,24D;. The Labute approximate surface area is 418 Å². The minimum absolute atomic E-state index is 0. The zero-order valence-electron chi connectivity index (χ0n) is 41.8. The Bertz CT molecular complexity index is 3560. The van der Waals surface area contributed by atoms with Crippen molar-refractivity contribution in [1.82, 2.24) is 9.55 Å². The molecule has 0 aliphatic carbocycles. The maximum Gasteiger partial charge on any atom is 0.135 e. The van der Waals surface area contributed by atoms with E-state index in [1.54, 1.807) is 0 Å². The molecule has 0 bridgehead atoms. The van der Waals surface area contributed by atoms with Gasteiger partial charge < -0.3 is 19.1 Å². The molecule has 2 aromatic heterocycles. The van der Waals surface area contributed by atoms with Crippen LogP contribution in [0.2, 0.25) is 0 Å². The number of ether oxygens (including phenoxy) is 1. The maximum absolute atomic E-state index is 9.31. The van der Waals surface area contributed by atoms with Crippen LogP contribution < -0.4 is 14.5 Å². The normalized spacial score (nSPS) is 13.2. The topological polar surface area (TPSA) is 33.5 Å². The Kier molecular flexibility index (Phi) is 10.7. The fraction of sp³-hybridized carbons (Fsp3) is 0.129. The van der Waals surface area contributed by atoms with Gasteiger partial charge in [0.05, 0.1) is 0 Å². The van der Waals surface area contributed by atoms with Gasteiger partial charge in [-0.3, -0.25) is 0 Å². The van der Waals surface area contributed by atoms with Gasteiger partial charge in [0, 0.05) is 79.4 Å². The van der Waals surface area contributed by atoms with E-state index in [0.29, 0.717) is 5.75 Å². The third-order valence-corrected chi connectivity index (χ3v) is 12.7. The quantitative estimate of drug-likeness (QED) is 0.142. The number of aromatic nitrogens is 2. The summed E-state index contributed by atoms with van der Waals surface area (Å²) in [5.74, 6) is 1.11. The van der Waals surface area contributed by atoms with Gasteiger partial charge in [-0.2, -0.15) is 12.1 Å². The summed E-state index contributed by atoms with van der Waals surface area (Å²) in [4.78, 5) is 9.18. The third-order valence-electron chi connectivity index (χ3n) is 12.7. The number of para-hydroxylation sites is 4. The molecule has 0 saturated carbocycles. The molecule has 1 aliphatic rings. The van der Waals surface area contributed by atoms with E-state index in [9.17, 15) is 1.37 Å². The average molecular weight is 1070 g/mol. The first-order chi connectivity index (χ1) is 33.7. The molecule has 3 heterocycles. The number of anilines is 4. The average Bonchev–Trinajstić information content (AvgIpc) is 3.92. The maximum atomic E-state index is 9.31. The number of benzene rings is 8. The molecule has 0 spiro atoms. The van der Waals surface area contributed by atoms with Gasteiger partial charge in [0.1, 0.15) is 5.82 Å². The van der Waals surface area contributed by atoms with Gasteiger partial charge in [-0.15, -0.1) is 48.0 Å². The van der Waals surface area contributed by atoms with Crippen molar-refractivity contribution in [3.05, 3.63) is 224 Å². The van der Waals surface area contributed by atoms with Crippen molar-refractivity contribution in [2.24, 2.45) is 0 Å². The molecule has 8 aromatic carbocycles. The first kappa shape index (κ1) is 41.0. The summed E-state index contributed by atoms with van der Waals surface area (Å²) >= 11 is 0. The molecular weight excluding hydrogens is 1010 g/mol. The first-order valence-corrected chi connectivity index (χ1v) is 22.8. The molecule has 338 valence electrons. The number of hydrogen-bond acceptors (Lipinski definition) is 4. The summed E-state index contributed by atoms with van der Waals surface area (Å²) in [5.41, 5.74) is 13.3. The molecule has 1 aliphatic heterocycles. The van der Waals surface area contributed by atoms with Crippen LogP contribution in [0.25, 0.3) is 61.0 Å². The number of hydrogen-bond donors (Lipinski definition) is 0. The molecule has 10 aromatic rings. The predicted molar refractivity (Wildman–Crippen MR) is 278 cm³/mol. The Morgan fingerprint density at radius 2 is 1.18 bits per heavy atom. The zero-order chi connectivity index (χ0) is 48.5. The van der Waals surface area contributed by atoms with Gasteiger partial charge >= 0.3 is 0 Å². The van der Waals surface area contributed by atoms with E-state index in [2.05, 4.69) is 154 Å². The van der Waals surface area contributed by atoms with Crippen molar-refractivity contribution in [3.63, 3.8) is 0 Å². The van der Waals surface area contributed by atoms with Crippen molar-refractivity contribution in [3.8, 4) is 50.7 Å². The molecule has 0 radical (unpaired) electrons. The van der Waals surface area contributed by atoms with Crippen LogP contribution in [0, 0.1) is 18.8 Å². The number of pyridine rings is 1. The molecule has 68 heavy (non-hydrogen) atoms. The van der Waals surface area contributed by atoms with Crippen LogP contribution in [0.3, 0.4) is 0 Å². The van der Waals surface area contributed by atoms with Crippen LogP contribution in [0.15, 0.2) is 194 Å².